The maximum absolute atomic E-state index is 5.55. The molecule has 5 nitrogen and oxygen atoms in total. The summed E-state index contributed by atoms with van der Waals surface area (Å²) in [6, 6.07) is 6.66. The summed E-state index contributed by atoms with van der Waals surface area (Å²) in [5.41, 5.74) is 2.10. The molecule has 21 heavy (non-hydrogen) atoms. The Hall–Kier alpha value is -2.04. The average Bonchev–Trinajstić information content (AvgIpc) is 3.00. The number of hydrogen-bond donors (Lipinski definition) is 0. The van der Waals surface area contributed by atoms with Crippen molar-refractivity contribution in [2.75, 3.05) is 43.6 Å². The molecule has 1 saturated heterocycles. The molecule has 2 heterocycles. The first-order chi connectivity index (χ1) is 10.2. The second kappa shape index (κ2) is 5.76. The molecule has 3 rings (SSSR count). The van der Waals surface area contributed by atoms with E-state index >= 15 is 0 Å². The first-order valence-corrected chi connectivity index (χ1v) is 7.56. The summed E-state index contributed by atoms with van der Waals surface area (Å²) in [5, 5.41) is 1.12. The molecule has 0 aliphatic carbocycles. The van der Waals surface area contributed by atoms with Gasteiger partial charge in [-0.05, 0) is 31.9 Å². The zero-order valence-electron chi connectivity index (χ0n) is 13.0. The van der Waals surface area contributed by atoms with Gasteiger partial charge in [-0.2, -0.15) is 9.97 Å². The largest absolute Gasteiger partial charge is 0.464 e. The van der Waals surface area contributed by atoms with Gasteiger partial charge in [-0.25, -0.2) is 0 Å². The summed E-state index contributed by atoms with van der Waals surface area (Å²) in [6.45, 7) is 4.65. The van der Waals surface area contributed by atoms with Crippen molar-refractivity contribution in [3.05, 3.63) is 18.2 Å². The molecule has 0 N–H and O–H groups in total. The minimum Gasteiger partial charge on any atom is -0.464 e. The maximum atomic E-state index is 5.55. The number of rotatable bonds is 4. The van der Waals surface area contributed by atoms with Crippen molar-refractivity contribution >= 4 is 22.4 Å². The Morgan fingerprint density at radius 1 is 1.19 bits per heavy atom. The molecule has 2 aromatic rings. The Kier molecular flexibility index (Phi) is 3.82. The molecule has 1 aliphatic rings. The van der Waals surface area contributed by atoms with Crippen molar-refractivity contribution in [1.82, 2.24) is 9.97 Å². The monoisotopic (exact) mass is 286 g/mol. The summed E-state index contributed by atoms with van der Waals surface area (Å²) in [4.78, 5) is 13.7. The highest BCUT2D eigenvalue weighted by Crippen LogP contribution is 2.35. The molecule has 112 valence electrons. The van der Waals surface area contributed by atoms with Crippen LogP contribution in [0.3, 0.4) is 0 Å². The van der Waals surface area contributed by atoms with Gasteiger partial charge in [0.25, 0.3) is 0 Å². The van der Waals surface area contributed by atoms with E-state index in [0.717, 1.165) is 35.5 Å². The van der Waals surface area contributed by atoms with Gasteiger partial charge in [0.2, 0.25) is 0 Å². The first kappa shape index (κ1) is 13.9. The molecular formula is C16H22N4O. The molecule has 0 unspecified atom stereocenters. The number of benzene rings is 1. The number of hydrogen-bond acceptors (Lipinski definition) is 5. The van der Waals surface area contributed by atoms with Crippen LogP contribution in [0.25, 0.3) is 10.9 Å². The summed E-state index contributed by atoms with van der Waals surface area (Å²) in [7, 11) is 4.11. The molecular weight excluding hydrogens is 264 g/mol. The van der Waals surface area contributed by atoms with Crippen LogP contribution in [0.2, 0.25) is 0 Å². The van der Waals surface area contributed by atoms with Gasteiger partial charge in [-0.3, -0.25) is 0 Å². The van der Waals surface area contributed by atoms with Crippen LogP contribution in [0, 0.1) is 0 Å². The predicted octanol–water partition coefficient (Wildman–Crippen LogP) is 2.69. The smallest absolute Gasteiger partial charge is 0.318 e. The van der Waals surface area contributed by atoms with E-state index in [0.29, 0.717) is 12.6 Å². The van der Waals surface area contributed by atoms with E-state index in [4.69, 9.17) is 4.74 Å². The molecule has 1 aromatic carbocycles. The van der Waals surface area contributed by atoms with Gasteiger partial charge in [-0.1, -0.05) is 6.07 Å². The fourth-order valence-corrected chi connectivity index (χ4v) is 2.85. The first-order valence-electron chi connectivity index (χ1n) is 7.56. The summed E-state index contributed by atoms with van der Waals surface area (Å²) >= 11 is 0. The lowest BCUT2D eigenvalue weighted by molar-refractivity contribution is 0.314. The van der Waals surface area contributed by atoms with Crippen LogP contribution in [-0.4, -0.2) is 43.8 Å². The summed E-state index contributed by atoms with van der Waals surface area (Å²) in [6.07, 6.45) is 2.44. The average molecular weight is 286 g/mol. The second-order valence-electron chi connectivity index (χ2n) is 5.52. The third kappa shape index (κ3) is 2.60. The van der Waals surface area contributed by atoms with Crippen molar-refractivity contribution < 1.29 is 4.74 Å². The Morgan fingerprint density at radius 2 is 1.95 bits per heavy atom. The molecule has 0 radical (unpaired) electrons. The van der Waals surface area contributed by atoms with E-state index in [2.05, 4.69) is 39.9 Å². The highest BCUT2D eigenvalue weighted by molar-refractivity contribution is 6.00. The quantitative estimate of drug-likeness (QED) is 0.864. The fourth-order valence-electron chi connectivity index (χ4n) is 2.85. The zero-order valence-corrected chi connectivity index (χ0v) is 13.0. The molecule has 0 atom stereocenters. The fraction of sp³-hybridized carbons (Fsp3) is 0.500. The number of ether oxygens (including phenoxy) is 1. The van der Waals surface area contributed by atoms with Crippen LogP contribution < -0.4 is 14.5 Å². The van der Waals surface area contributed by atoms with Crippen LogP contribution in [0.15, 0.2) is 18.2 Å². The van der Waals surface area contributed by atoms with Crippen molar-refractivity contribution in [3.8, 4) is 6.01 Å². The second-order valence-corrected chi connectivity index (χ2v) is 5.52. The topological polar surface area (TPSA) is 41.5 Å². The molecule has 0 bridgehead atoms. The maximum Gasteiger partial charge on any atom is 0.318 e. The Bertz CT molecular complexity index is 635. The molecule has 1 fully saturated rings. The number of anilines is 2. The molecule has 5 heteroatoms. The van der Waals surface area contributed by atoms with Crippen LogP contribution in [-0.2, 0) is 0 Å². The molecule has 1 aromatic heterocycles. The van der Waals surface area contributed by atoms with Gasteiger partial charge in [0.1, 0.15) is 5.82 Å². The van der Waals surface area contributed by atoms with Crippen LogP contribution >= 0.6 is 0 Å². The van der Waals surface area contributed by atoms with Crippen molar-refractivity contribution in [3.63, 3.8) is 0 Å². The molecule has 1 aliphatic heterocycles. The van der Waals surface area contributed by atoms with E-state index < -0.39 is 0 Å². The summed E-state index contributed by atoms with van der Waals surface area (Å²) in [5.74, 6) is 1.00. The molecule has 0 spiro atoms. The minimum atomic E-state index is 0.475. The van der Waals surface area contributed by atoms with Crippen LogP contribution in [0.1, 0.15) is 19.8 Å². The van der Waals surface area contributed by atoms with Gasteiger partial charge < -0.3 is 14.5 Å². The highest BCUT2D eigenvalue weighted by Gasteiger charge is 2.21. The highest BCUT2D eigenvalue weighted by atomic mass is 16.5. The predicted molar refractivity (Wildman–Crippen MR) is 86.5 cm³/mol. The van der Waals surface area contributed by atoms with Crippen LogP contribution in [0.4, 0.5) is 11.5 Å². The number of aromatic nitrogens is 2. The van der Waals surface area contributed by atoms with Crippen molar-refractivity contribution in [2.24, 2.45) is 0 Å². The SMILES string of the molecule is CCOc1nc(N2CCCC2)c2c(N(C)C)cccc2n1. The third-order valence-corrected chi connectivity index (χ3v) is 3.82. The summed E-state index contributed by atoms with van der Waals surface area (Å²) < 4.78 is 5.55. The zero-order chi connectivity index (χ0) is 14.8. The standard InChI is InChI=1S/C16H22N4O/c1-4-21-16-17-12-8-7-9-13(19(2)3)14(12)15(18-16)20-10-5-6-11-20/h7-9H,4-6,10-11H2,1-3H3. The van der Waals surface area contributed by atoms with Gasteiger partial charge in [-0.15, -0.1) is 0 Å². The van der Waals surface area contributed by atoms with E-state index in [9.17, 15) is 0 Å². The molecule has 0 saturated carbocycles. The van der Waals surface area contributed by atoms with Gasteiger partial charge in [0.15, 0.2) is 0 Å². The number of nitrogens with zero attached hydrogens (tertiary/aromatic N) is 4. The molecule has 0 amide bonds. The van der Waals surface area contributed by atoms with Crippen molar-refractivity contribution in [1.29, 1.82) is 0 Å². The van der Waals surface area contributed by atoms with E-state index in [1.54, 1.807) is 0 Å². The van der Waals surface area contributed by atoms with E-state index in [1.165, 1.54) is 12.8 Å². The van der Waals surface area contributed by atoms with E-state index in [-0.39, 0.29) is 0 Å². The van der Waals surface area contributed by atoms with Crippen molar-refractivity contribution in [2.45, 2.75) is 19.8 Å². The Balaban J connectivity index is 2.23. The van der Waals surface area contributed by atoms with E-state index in [1.807, 2.05) is 19.1 Å². The lowest BCUT2D eigenvalue weighted by atomic mass is 10.1. The lowest BCUT2D eigenvalue weighted by Gasteiger charge is -2.23. The lowest BCUT2D eigenvalue weighted by Crippen LogP contribution is -2.21. The Labute approximate surface area is 125 Å². The van der Waals surface area contributed by atoms with Gasteiger partial charge in [0, 0.05) is 32.9 Å². The minimum absolute atomic E-state index is 0.475. The van der Waals surface area contributed by atoms with Gasteiger partial charge in [0.05, 0.1) is 17.5 Å². The third-order valence-electron chi connectivity index (χ3n) is 3.82. The normalized spacial score (nSPS) is 14.7. The number of fused-ring (bicyclic) bond motifs is 1. The Morgan fingerprint density at radius 3 is 2.62 bits per heavy atom. The van der Waals surface area contributed by atoms with Crippen LogP contribution in [0.5, 0.6) is 6.01 Å². The van der Waals surface area contributed by atoms with Gasteiger partial charge >= 0.3 is 6.01 Å².